The molecule has 0 saturated carbocycles. The van der Waals surface area contributed by atoms with Gasteiger partial charge in [0.2, 0.25) is 0 Å². The Bertz CT molecular complexity index is 728. The molecule has 0 radical (unpaired) electrons. The molecule has 0 aliphatic heterocycles. The Morgan fingerprint density at radius 2 is 1.81 bits per heavy atom. The van der Waals surface area contributed by atoms with Gasteiger partial charge in [0.15, 0.2) is 0 Å². The molecule has 0 aliphatic carbocycles. The predicted molar refractivity (Wildman–Crippen MR) is 74.2 cm³/mol. The van der Waals surface area contributed by atoms with E-state index in [1.807, 2.05) is 0 Å². The second-order valence-corrected chi connectivity index (χ2v) is 4.45. The number of nitrogens with one attached hydrogen (secondary N) is 1. The van der Waals surface area contributed by atoms with Gasteiger partial charge in [-0.3, -0.25) is 4.79 Å². The van der Waals surface area contributed by atoms with E-state index in [2.05, 4.69) is 5.32 Å². The van der Waals surface area contributed by atoms with Gasteiger partial charge >= 0.3 is 5.97 Å². The van der Waals surface area contributed by atoms with Gasteiger partial charge in [-0.25, -0.2) is 9.18 Å². The number of carbonyl (C=O) groups excluding carboxylic acids is 1. The molecule has 2 aromatic rings. The summed E-state index contributed by atoms with van der Waals surface area (Å²) in [5.41, 5.74) is 0.487. The zero-order valence-corrected chi connectivity index (χ0v) is 11.1. The van der Waals surface area contributed by atoms with E-state index in [9.17, 15) is 19.1 Å². The zero-order chi connectivity index (χ0) is 15.6. The van der Waals surface area contributed by atoms with E-state index in [-0.39, 0.29) is 22.6 Å². The van der Waals surface area contributed by atoms with Crippen molar-refractivity contribution < 1.29 is 24.2 Å². The van der Waals surface area contributed by atoms with Crippen molar-refractivity contribution in [3.63, 3.8) is 0 Å². The van der Waals surface area contributed by atoms with Crippen molar-refractivity contribution in [2.75, 3.05) is 5.32 Å². The maximum absolute atomic E-state index is 13.0. The van der Waals surface area contributed by atoms with Crippen LogP contribution < -0.4 is 5.32 Å². The fourth-order valence-corrected chi connectivity index (χ4v) is 1.89. The molecular weight excluding hydrogens is 277 g/mol. The number of phenolic OH excluding ortho intramolecular Hbond substituents is 1. The number of aromatic hydroxyl groups is 1. The van der Waals surface area contributed by atoms with Crippen LogP contribution in [0, 0.1) is 12.7 Å². The maximum atomic E-state index is 13.0. The van der Waals surface area contributed by atoms with Crippen LogP contribution in [0.4, 0.5) is 10.1 Å². The summed E-state index contributed by atoms with van der Waals surface area (Å²) in [5.74, 6) is -2.51. The first kappa shape index (κ1) is 14.5. The van der Waals surface area contributed by atoms with E-state index in [4.69, 9.17) is 5.11 Å². The lowest BCUT2D eigenvalue weighted by Gasteiger charge is -2.10. The van der Waals surface area contributed by atoms with E-state index in [1.165, 1.54) is 24.3 Å². The molecule has 0 heterocycles. The molecule has 21 heavy (non-hydrogen) atoms. The van der Waals surface area contributed by atoms with E-state index in [1.54, 1.807) is 6.92 Å². The number of amides is 1. The van der Waals surface area contributed by atoms with Crippen LogP contribution in [0.5, 0.6) is 5.75 Å². The quantitative estimate of drug-likeness (QED) is 0.758. The summed E-state index contributed by atoms with van der Waals surface area (Å²) in [7, 11) is 0. The number of anilines is 1. The van der Waals surface area contributed by atoms with E-state index < -0.39 is 17.7 Å². The number of hydrogen-bond donors (Lipinski definition) is 3. The summed E-state index contributed by atoms with van der Waals surface area (Å²) in [4.78, 5) is 23.2. The fraction of sp³-hybridized carbons (Fsp3) is 0.0667. The number of carbonyl (C=O) groups is 2. The van der Waals surface area contributed by atoms with Gasteiger partial charge in [-0.1, -0.05) is 0 Å². The average Bonchev–Trinajstić information content (AvgIpc) is 2.40. The van der Waals surface area contributed by atoms with Gasteiger partial charge < -0.3 is 15.5 Å². The Morgan fingerprint density at radius 1 is 1.10 bits per heavy atom. The Kier molecular flexibility index (Phi) is 3.89. The fourth-order valence-electron chi connectivity index (χ4n) is 1.89. The first-order chi connectivity index (χ1) is 9.88. The molecule has 6 heteroatoms. The summed E-state index contributed by atoms with van der Waals surface area (Å²) >= 11 is 0. The summed E-state index contributed by atoms with van der Waals surface area (Å²) in [6.07, 6.45) is 0. The Labute approximate surface area is 119 Å². The molecule has 1 amide bonds. The third kappa shape index (κ3) is 3.17. The van der Waals surface area contributed by atoms with Crippen LogP contribution in [-0.4, -0.2) is 22.1 Å². The van der Waals surface area contributed by atoms with Crippen LogP contribution in [0.1, 0.15) is 26.3 Å². The highest BCUT2D eigenvalue weighted by Crippen LogP contribution is 2.22. The van der Waals surface area contributed by atoms with Crippen LogP contribution in [0.3, 0.4) is 0 Å². The standard InChI is InChI=1S/C15H12FNO4/c1-8-6-9(16)2-4-11(8)14(19)17-13-5-3-10(18)7-12(13)15(20)21/h2-7,18H,1H3,(H,17,19)(H,20,21). The average molecular weight is 289 g/mol. The van der Waals surface area contributed by atoms with E-state index in [0.29, 0.717) is 5.56 Å². The number of hydrogen-bond acceptors (Lipinski definition) is 3. The third-order valence-electron chi connectivity index (χ3n) is 2.91. The Hall–Kier alpha value is -2.89. The molecule has 2 rings (SSSR count). The monoisotopic (exact) mass is 289 g/mol. The van der Waals surface area contributed by atoms with Gasteiger partial charge in [0.1, 0.15) is 11.6 Å². The minimum atomic E-state index is -1.28. The summed E-state index contributed by atoms with van der Waals surface area (Å²) in [6, 6.07) is 7.27. The number of aromatic carboxylic acids is 1. The van der Waals surface area contributed by atoms with E-state index >= 15 is 0 Å². The second kappa shape index (κ2) is 5.62. The number of benzene rings is 2. The molecule has 3 N–H and O–H groups in total. The van der Waals surface area contributed by atoms with E-state index in [0.717, 1.165) is 12.1 Å². The predicted octanol–water partition coefficient (Wildman–Crippen LogP) is 2.79. The van der Waals surface area contributed by atoms with Gasteiger partial charge in [-0.05, 0) is 48.9 Å². The lowest BCUT2D eigenvalue weighted by molar-refractivity contribution is 0.0697. The molecular formula is C15H12FNO4. The molecule has 108 valence electrons. The van der Waals surface area contributed by atoms with Crippen molar-refractivity contribution in [1.82, 2.24) is 0 Å². The lowest BCUT2D eigenvalue weighted by Crippen LogP contribution is -2.16. The maximum Gasteiger partial charge on any atom is 0.337 e. The first-order valence-corrected chi connectivity index (χ1v) is 6.02. The molecule has 0 bridgehead atoms. The Balaban J connectivity index is 2.34. The van der Waals surface area contributed by atoms with Crippen molar-refractivity contribution in [1.29, 1.82) is 0 Å². The minimum absolute atomic E-state index is 0.0500. The van der Waals surface area contributed by atoms with Crippen LogP contribution in [0.25, 0.3) is 0 Å². The highest BCUT2D eigenvalue weighted by molar-refractivity contribution is 6.08. The number of carboxylic acid groups (broad SMARTS) is 1. The molecule has 0 saturated heterocycles. The van der Waals surface area contributed by atoms with Crippen LogP contribution >= 0.6 is 0 Å². The van der Waals surface area contributed by atoms with Gasteiger partial charge in [0.05, 0.1) is 11.3 Å². The largest absolute Gasteiger partial charge is 0.508 e. The van der Waals surface area contributed by atoms with Crippen molar-refractivity contribution in [2.24, 2.45) is 0 Å². The van der Waals surface area contributed by atoms with Gasteiger partial charge in [-0.2, -0.15) is 0 Å². The number of phenols is 1. The number of carboxylic acids is 1. The van der Waals surface area contributed by atoms with Crippen molar-refractivity contribution in [3.8, 4) is 5.75 Å². The van der Waals surface area contributed by atoms with Crippen molar-refractivity contribution in [2.45, 2.75) is 6.92 Å². The first-order valence-electron chi connectivity index (χ1n) is 6.02. The molecule has 0 aliphatic rings. The molecule has 0 atom stereocenters. The molecule has 0 aromatic heterocycles. The minimum Gasteiger partial charge on any atom is -0.508 e. The molecule has 0 spiro atoms. The zero-order valence-electron chi connectivity index (χ0n) is 11.1. The van der Waals surface area contributed by atoms with Crippen molar-refractivity contribution in [3.05, 3.63) is 58.9 Å². The molecule has 0 unspecified atom stereocenters. The SMILES string of the molecule is Cc1cc(F)ccc1C(=O)Nc1ccc(O)cc1C(=O)O. The summed E-state index contributed by atoms with van der Waals surface area (Å²) in [6.45, 7) is 1.58. The number of rotatable bonds is 3. The summed E-state index contributed by atoms with van der Waals surface area (Å²) in [5, 5.41) is 20.8. The Morgan fingerprint density at radius 3 is 2.43 bits per heavy atom. The van der Waals surface area contributed by atoms with Crippen LogP contribution in [-0.2, 0) is 0 Å². The number of halogens is 1. The van der Waals surface area contributed by atoms with Gasteiger partial charge in [-0.15, -0.1) is 0 Å². The summed E-state index contributed by atoms with van der Waals surface area (Å²) < 4.78 is 13.0. The topological polar surface area (TPSA) is 86.6 Å². The lowest BCUT2D eigenvalue weighted by atomic mass is 10.1. The van der Waals surface area contributed by atoms with Crippen LogP contribution in [0.15, 0.2) is 36.4 Å². The van der Waals surface area contributed by atoms with Crippen LogP contribution in [0.2, 0.25) is 0 Å². The normalized spacial score (nSPS) is 10.2. The molecule has 5 nitrogen and oxygen atoms in total. The van der Waals surface area contributed by atoms with Gasteiger partial charge in [0.25, 0.3) is 5.91 Å². The third-order valence-corrected chi connectivity index (χ3v) is 2.91. The second-order valence-electron chi connectivity index (χ2n) is 4.45. The van der Waals surface area contributed by atoms with Gasteiger partial charge in [0, 0.05) is 5.56 Å². The highest BCUT2D eigenvalue weighted by Gasteiger charge is 2.15. The molecule has 2 aromatic carbocycles. The number of aryl methyl sites for hydroxylation is 1. The smallest absolute Gasteiger partial charge is 0.337 e. The van der Waals surface area contributed by atoms with Crippen molar-refractivity contribution >= 4 is 17.6 Å². The highest BCUT2D eigenvalue weighted by atomic mass is 19.1. The molecule has 0 fully saturated rings.